The van der Waals surface area contributed by atoms with Gasteiger partial charge in [-0.15, -0.1) is 0 Å². The molecule has 1 nitrogen and oxygen atoms in total. The van der Waals surface area contributed by atoms with E-state index in [1.807, 2.05) is 30.3 Å². The number of benzene rings is 1. The summed E-state index contributed by atoms with van der Waals surface area (Å²) < 4.78 is 0. The van der Waals surface area contributed by atoms with Crippen LogP contribution in [0.25, 0.3) is 0 Å². The van der Waals surface area contributed by atoms with Crippen LogP contribution in [-0.2, 0) is 5.34 Å². The van der Waals surface area contributed by atoms with Crippen molar-refractivity contribution in [2.75, 3.05) is 0 Å². The first-order valence-electron chi connectivity index (χ1n) is 3.37. The molecule has 0 heterocycles. The van der Waals surface area contributed by atoms with Gasteiger partial charge in [0.25, 0.3) is 0 Å². The summed E-state index contributed by atoms with van der Waals surface area (Å²) in [7, 11) is 0.477. The predicted octanol–water partition coefficient (Wildman–Crippen LogP) is 2.39. The van der Waals surface area contributed by atoms with Gasteiger partial charge in [-0.25, -0.2) is 0 Å². The van der Waals surface area contributed by atoms with Gasteiger partial charge in [0.1, 0.15) is 0 Å². The molecule has 0 fully saturated rings. The Morgan fingerprint density at radius 1 is 1.36 bits per heavy atom. The zero-order valence-corrected chi connectivity index (χ0v) is 7.25. The molecule has 1 aromatic carbocycles. The van der Waals surface area contributed by atoms with E-state index in [1.54, 1.807) is 6.92 Å². The van der Waals surface area contributed by atoms with Crippen molar-refractivity contribution in [1.82, 2.24) is 0 Å². The van der Waals surface area contributed by atoms with Crippen LogP contribution in [0, 0.1) is 6.13 Å². The molecule has 0 radical (unpaired) electrons. The summed E-state index contributed by atoms with van der Waals surface area (Å²) in [5.41, 5.74) is 0.851. The van der Waals surface area contributed by atoms with Crippen molar-refractivity contribution in [1.29, 1.82) is 0 Å². The molecule has 1 rings (SSSR count). The summed E-state index contributed by atoms with van der Waals surface area (Å²) in [6.45, 7) is 1.70. The molecule has 1 N–H and O–H groups in total. The third-order valence-corrected chi connectivity index (χ3v) is 2.33. The third-order valence-electron chi connectivity index (χ3n) is 1.57. The van der Waals surface area contributed by atoms with E-state index in [1.165, 1.54) is 0 Å². The van der Waals surface area contributed by atoms with Crippen LogP contribution in [-0.4, -0.2) is 5.11 Å². The fraction of sp³-hybridized carbons (Fsp3) is 0.222. The van der Waals surface area contributed by atoms with Gasteiger partial charge < -0.3 is 0 Å². The topological polar surface area (TPSA) is 20.2 Å². The van der Waals surface area contributed by atoms with Gasteiger partial charge in [-0.2, -0.15) is 0 Å². The van der Waals surface area contributed by atoms with Gasteiger partial charge in [-0.1, -0.05) is 0 Å². The summed E-state index contributed by atoms with van der Waals surface area (Å²) in [6.07, 6.45) is 5.36. The maximum atomic E-state index is 9.66. The Morgan fingerprint density at radius 2 is 1.91 bits per heavy atom. The zero-order chi connectivity index (χ0) is 8.32. The molecular formula is C9H10OP+. The number of aliphatic hydroxyl groups is 1. The number of hydrogen-bond acceptors (Lipinski definition) is 1. The molecule has 0 aliphatic rings. The Labute approximate surface area is 68.2 Å². The SMILES string of the molecule is C#[P+][C@@](C)(O)c1ccccc1. The van der Waals surface area contributed by atoms with Crippen molar-refractivity contribution in [3.8, 4) is 6.13 Å². The van der Waals surface area contributed by atoms with Gasteiger partial charge in [0.15, 0.2) is 0 Å². The molecule has 56 valence electrons. The van der Waals surface area contributed by atoms with Gasteiger partial charge in [0.05, 0.1) is 0 Å². The molecule has 1 aromatic rings. The first-order valence-corrected chi connectivity index (χ1v) is 4.33. The van der Waals surface area contributed by atoms with Gasteiger partial charge in [-0.05, 0) is 0 Å². The second kappa shape index (κ2) is 3.19. The molecule has 0 spiro atoms. The molecule has 0 saturated carbocycles. The average Bonchev–Trinajstić information content (AvgIpc) is 2.06. The van der Waals surface area contributed by atoms with Crippen LogP contribution in [0.4, 0.5) is 0 Å². The summed E-state index contributed by atoms with van der Waals surface area (Å²) in [6, 6.07) is 9.40. The predicted molar refractivity (Wildman–Crippen MR) is 47.9 cm³/mol. The Bertz CT molecular complexity index is 271. The third kappa shape index (κ3) is 1.91. The molecule has 0 aliphatic heterocycles. The van der Waals surface area contributed by atoms with Gasteiger partial charge in [0, 0.05) is 0 Å². The Balaban J connectivity index is 3.05. The molecule has 2 heteroatoms. The van der Waals surface area contributed by atoms with E-state index in [4.69, 9.17) is 6.13 Å². The summed E-state index contributed by atoms with van der Waals surface area (Å²) in [4.78, 5) is 0. The van der Waals surface area contributed by atoms with Crippen molar-refractivity contribution >= 4 is 8.04 Å². The zero-order valence-electron chi connectivity index (χ0n) is 6.36. The van der Waals surface area contributed by atoms with E-state index in [0.717, 1.165) is 5.56 Å². The van der Waals surface area contributed by atoms with E-state index >= 15 is 0 Å². The van der Waals surface area contributed by atoms with Crippen molar-refractivity contribution in [3.63, 3.8) is 0 Å². The van der Waals surface area contributed by atoms with Gasteiger partial charge in [0.2, 0.25) is 0 Å². The van der Waals surface area contributed by atoms with Crippen LogP contribution in [0.15, 0.2) is 30.3 Å². The van der Waals surface area contributed by atoms with Crippen LogP contribution >= 0.6 is 8.04 Å². The molecular weight excluding hydrogens is 155 g/mol. The Hall–Kier alpha value is -0.610. The number of hydrogen-bond donors (Lipinski definition) is 1. The van der Waals surface area contributed by atoms with Gasteiger partial charge >= 0.3 is 67.4 Å². The van der Waals surface area contributed by atoms with Crippen LogP contribution in [0.2, 0.25) is 0 Å². The van der Waals surface area contributed by atoms with E-state index in [9.17, 15) is 5.11 Å². The maximum absolute atomic E-state index is 9.66. The van der Waals surface area contributed by atoms with E-state index in [0.29, 0.717) is 8.04 Å². The van der Waals surface area contributed by atoms with Crippen molar-refractivity contribution in [3.05, 3.63) is 35.9 Å². The van der Waals surface area contributed by atoms with Crippen molar-refractivity contribution in [2.24, 2.45) is 0 Å². The van der Waals surface area contributed by atoms with Crippen LogP contribution in [0.1, 0.15) is 12.5 Å². The second-order valence-corrected chi connectivity index (χ2v) is 3.64. The molecule has 11 heavy (non-hydrogen) atoms. The normalized spacial score (nSPS) is 15.4. The van der Waals surface area contributed by atoms with Crippen LogP contribution < -0.4 is 0 Å². The van der Waals surface area contributed by atoms with E-state index in [2.05, 4.69) is 0 Å². The summed E-state index contributed by atoms with van der Waals surface area (Å²) in [5.74, 6) is 0. The monoisotopic (exact) mass is 165 g/mol. The van der Waals surface area contributed by atoms with Crippen LogP contribution in [0.5, 0.6) is 0 Å². The molecule has 1 atom stereocenters. The van der Waals surface area contributed by atoms with Gasteiger partial charge in [-0.3, -0.25) is 0 Å². The van der Waals surface area contributed by atoms with Crippen LogP contribution in [0.3, 0.4) is 0 Å². The second-order valence-electron chi connectivity index (χ2n) is 2.52. The Morgan fingerprint density at radius 3 is 2.36 bits per heavy atom. The van der Waals surface area contributed by atoms with Crippen molar-refractivity contribution in [2.45, 2.75) is 12.3 Å². The molecule has 0 aliphatic carbocycles. The quantitative estimate of drug-likeness (QED) is 0.633. The average molecular weight is 165 g/mol. The fourth-order valence-corrected chi connectivity index (χ4v) is 1.13. The molecule has 0 saturated heterocycles. The summed E-state index contributed by atoms with van der Waals surface area (Å²) >= 11 is 0. The van der Waals surface area contributed by atoms with E-state index < -0.39 is 5.34 Å². The number of rotatable bonds is 1. The first-order chi connectivity index (χ1) is 5.17. The van der Waals surface area contributed by atoms with E-state index in [-0.39, 0.29) is 0 Å². The minimum atomic E-state index is -0.915. The molecule has 0 amide bonds. The minimum absolute atomic E-state index is 0.477. The summed E-state index contributed by atoms with van der Waals surface area (Å²) in [5, 5.41) is 8.74. The molecule has 0 bridgehead atoms. The van der Waals surface area contributed by atoms with Crippen molar-refractivity contribution < 1.29 is 5.11 Å². The molecule has 0 aromatic heterocycles. The first kappa shape index (κ1) is 8.49. The standard InChI is InChI=1S/C9H10OP/c1-9(10,11-2)8-6-4-3-5-7-8/h2-7,10H,1H3/q+1/t9-/m1/s1. The Kier molecular flexibility index (Phi) is 2.46. The fourth-order valence-electron chi connectivity index (χ4n) is 0.828. The molecule has 0 unspecified atom stereocenters.